The molecule has 0 saturated carbocycles. The summed E-state index contributed by atoms with van der Waals surface area (Å²) in [6.45, 7) is 15.6. The van der Waals surface area contributed by atoms with Gasteiger partial charge in [0, 0.05) is 0 Å². The van der Waals surface area contributed by atoms with E-state index in [0.29, 0.717) is 0 Å². The highest BCUT2D eigenvalue weighted by Crippen LogP contribution is 2.41. The summed E-state index contributed by atoms with van der Waals surface area (Å²) >= 11 is 0. The average Bonchev–Trinajstić information content (AvgIpc) is 2.23. The molecule has 0 aromatic carbocycles. The summed E-state index contributed by atoms with van der Waals surface area (Å²) in [6.07, 6.45) is 5.82. The molecule has 3 nitrogen and oxygen atoms in total. The molecule has 0 fully saturated rings. The van der Waals surface area contributed by atoms with Crippen LogP contribution < -0.4 is 0 Å². The zero-order valence-corrected chi connectivity index (χ0v) is 15.4. The maximum absolute atomic E-state index is 8.92. The molecule has 1 unspecified atom stereocenters. The third-order valence-electron chi connectivity index (χ3n) is 4.22. The molecule has 0 aliphatic rings. The van der Waals surface area contributed by atoms with Gasteiger partial charge in [0.1, 0.15) is 0 Å². The Balaban J connectivity index is 4.94. The van der Waals surface area contributed by atoms with E-state index >= 15 is 0 Å². The lowest BCUT2D eigenvalue weighted by molar-refractivity contribution is 0.0635. The van der Waals surface area contributed by atoms with Crippen molar-refractivity contribution in [1.82, 2.24) is 0 Å². The van der Waals surface area contributed by atoms with Gasteiger partial charge in [-0.3, -0.25) is 0 Å². The van der Waals surface area contributed by atoms with Crippen molar-refractivity contribution < 1.29 is 14.5 Å². The van der Waals surface area contributed by atoms with Gasteiger partial charge in [-0.1, -0.05) is 52.6 Å². The Bertz CT molecular complexity index is 311. The van der Waals surface area contributed by atoms with Crippen LogP contribution in [0.25, 0.3) is 0 Å². The van der Waals surface area contributed by atoms with Gasteiger partial charge in [-0.2, -0.15) is 0 Å². The van der Waals surface area contributed by atoms with Crippen LogP contribution in [0.2, 0.25) is 18.1 Å². The van der Waals surface area contributed by atoms with E-state index in [2.05, 4.69) is 47.7 Å². The summed E-state index contributed by atoms with van der Waals surface area (Å²) in [5.41, 5.74) is -0.218. The van der Waals surface area contributed by atoms with E-state index in [9.17, 15) is 0 Å². The minimum Gasteiger partial charge on any atom is -0.424 e. The molecule has 0 rings (SSSR count). The first-order valence-electron chi connectivity index (χ1n) is 7.66. The van der Waals surface area contributed by atoms with Crippen molar-refractivity contribution in [3.63, 3.8) is 0 Å². The van der Waals surface area contributed by atoms with Crippen LogP contribution in [0.4, 0.5) is 0 Å². The Hall–Kier alpha value is -0.0982. The fourth-order valence-electron chi connectivity index (χ4n) is 1.95. The predicted molar refractivity (Wildman–Crippen MR) is 90.2 cm³/mol. The fourth-order valence-corrected chi connectivity index (χ4v) is 3.68. The minimum atomic E-state index is -1.83. The zero-order valence-electron chi connectivity index (χ0n) is 14.4. The number of unbranched alkanes of at least 4 members (excludes halogenated alkanes) is 1. The van der Waals surface area contributed by atoms with Crippen LogP contribution in [0.3, 0.4) is 0 Å². The summed E-state index contributed by atoms with van der Waals surface area (Å²) < 4.78 is 6.60. The van der Waals surface area contributed by atoms with Crippen LogP contribution >= 0.6 is 0 Å². The van der Waals surface area contributed by atoms with Gasteiger partial charge in [-0.05, 0) is 37.9 Å². The Morgan fingerprint density at radius 3 is 2.10 bits per heavy atom. The van der Waals surface area contributed by atoms with Gasteiger partial charge < -0.3 is 14.5 Å². The summed E-state index contributed by atoms with van der Waals surface area (Å²) in [5, 5.41) is 18.0. The first-order chi connectivity index (χ1) is 8.93. The highest BCUT2D eigenvalue weighted by Gasteiger charge is 2.42. The monoisotopic (exact) mass is 300 g/mol. The lowest BCUT2D eigenvalue weighted by Crippen LogP contribution is -2.48. The number of rotatable bonds is 8. The Morgan fingerprint density at radius 1 is 1.15 bits per heavy atom. The molecule has 0 aliphatic heterocycles. The molecule has 0 aromatic rings. The topological polar surface area (TPSA) is 49.7 Å². The Labute approximate surface area is 126 Å². The third-order valence-corrected chi connectivity index (χ3v) is 8.84. The first-order valence-corrected chi connectivity index (χ1v) is 10.6. The predicted octanol–water partition coefficient (Wildman–Crippen LogP) is 3.92. The van der Waals surface area contributed by atoms with Crippen LogP contribution in [0, 0.1) is 0 Å². The molecule has 0 heterocycles. The van der Waals surface area contributed by atoms with E-state index in [0.717, 1.165) is 25.7 Å². The molecule has 0 spiro atoms. The highest BCUT2D eigenvalue weighted by atomic mass is 28.4. The van der Waals surface area contributed by atoms with Gasteiger partial charge >= 0.3 is 7.12 Å². The molecular formula is C15H33BO3Si. The lowest BCUT2D eigenvalue weighted by atomic mass is 9.88. The van der Waals surface area contributed by atoms with E-state index in [-0.39, 0.29) is 10.6 Å². The molecule has 20 heavy (non-hydrogen) atoms. The molecule has 0 bridgehead atoms. The van der Waals surface area contributed by atoms with Crippen LogP contribution in [-0.2, 0) is 4.43 Å². The second kappa shape index (κ2) is 7.78. The zero-order chi connectivity index (χ0) is 16.0. The van der Waals surface area contributed by atoms with Crippen molar-refractivity contribution in [2.45, 2.75) is 84.0 Å². The Kier molecular flexibility index (Phi) is 7.74. The van der Waals surface area contributed by atoms with Crippen molar-refractivity contribution in [2.75, 3.05) is 0 Å². The number of hydrogen-bond donors (Lipinski definition) is 2. The SMILES string of the molecule is CCCCC(C)(C/C=C/B(O)O)O[Si](C)(C)C(C)(C)C. The second-order valence-electron chi connectivity index (χ2n) is 7.46. The van der Waals surface area contributed by atoms with Gasteiger partial charge in [-0.25, -0.2) is 0 Å². The van der Waals surface area contributed by atoms with Gasteiger partial charge in [0.05, 0.1) is 5.60 Å². The van der Waals surface area contributed by atoms with Crippen LogP contribution in [0.1, 0.15) is 60.3 Å². The standard InChI is InChI=1S/C15H33BO3Si/c1-8-9-11-15(5,12-10-13-16(17)18)19-20(6,7)14(2,3)4/h10,13,17-18H,8-9,11-12H2,1-7H3/b13-10+. The smallest absolute Gasteiger partial charge is 0.424 e. The molecule has 0 radical (unpaired) electrons. The molecule has 0 amide bonds. The van der Waals surface area contributed by atoms with Crippen molar-refractivity contribution in [3.8, 4) is 0 Å². The Morgan fingerprint density at radius 2 is 1.70 bits per heavy atom. The molecule has 0 aromatic heterocycles. The van der Waals surface area contributed by atoms with Crippen LogP contribution in [-0.4, -0.2) is 31.1 Å². The summed E-state index contributed by atoms with van der Waals surface area (Å²) in [7, 11) is -3.20. The molecular weight excluding hydrogens is 267 g/mol. The van der Waals surface area contributed by atoms with E-state index in [1.165, 1.54) is 5.98 Å². The van der Waals surface area contributed by atoms with Crippen molar-refractivity contribution >= 4 is 15.4 Å². The molecule has 118 valence electrons. The van der Waals surface area contributed by atoms with Gasteiger partial charge in [-0.15, -0.1) is 0 Å². The maximum Gasteiger partial charge on any atom is 0.480 e. The van der Waals surface area contributed by atoms with Gasteiger partial charge in [0.2, 0.25) is 0 Å². The third kappa shape index (κ3) is 7.07. The highest BCUT2D eigenvalue weighted by molar-refractivity contribution is 6.74. The molecule has 1 atom stereocenters. The lowest BCUT2D eigenvalue weighted by Gasteiger charge is -2.44. The van der Waals surface area contributed by atoms with Gasteiger partial charge in [0.15, 0.2) is 8.32 Å². The molecule has 0 saturated heterocycles. The van der Waals surface area contributed by atoms with E-state index in [1.54, 1.807) is 0 Å². The van der Waals surface area contributed by atoms with Crippen molar-refractivity contribution in [1.29, 1.82) is 0 Å². The maximum atomic E-state index is 8.92. The normalized spacial score (nSPS) is 16.4. The molecule has 5 heteroatoms. The summed E-state index contributed by atoms with van der Waals surface area (Å²) in [5.74, 6) is 1.42. The molecule has 2 N–H and O–H groups in total. The second-order valence-corrected chi connectivity index (χ2v) is 12.2. The van der Waals surface area contributed by atoms with Crippen LogP contribution in [0.5, 0.6) is 0 Å². The van der Waals surface area contributed by atoms with Crippen LogP contribution in [0.15, 0.2) is 12.1 Å². The van der Waals surface area contributed by atoms with Gasteiger partial charge in [0.25, 0.3) is 0 Å². The first kappa shape index (κ1) is 19.9. The quantitative estimate of drug-likeness (QED) is 0.668. The van der Waals surface area contributed by atoms with Crippen molar-refractivity contribution in [3.05, 3.63) is 12.1 Å². The van der Waals surface area contributed by atoms with E-state index in [4.69, 9.17) is 14.5 Å². The molecule has 0 aliphatic carbocycles. The van der Waals surface area contributed by atoms with E-state index < -0.39 is 15.4 Å². The minimum absolute atomic E-state index is 0.181. The summed E-state index contributed by atoms with van der Waals surface area (Å²) in [6, 6.07) is 0. The average molecular weight is 300 g/mol. The number of hydrogen-bond acceptors (Lipinski definition) is 3. The summed E-state index contributed by atoms with van der Waals surface area (Å²) in [4.78, 5) is 0. The van der Waals surface area contributed by atoms with Crippen molar-refractivity contribution in [2.24, 2.45) is 0 Å². The fraction of sp³-hybridized carbons (Fsp3) is 0.867. The van der Waals surface area contributed by atoms with E-state index in [1.807, 2.05) is 6.08 Å². The largest absolute Gasteiger partial charge is 0.480 e.